The Hall–Kier alpha value is -1.75. The number of nitrogens with zero attached hydrogens (tertiary/aromatic N) is 2. The van der Waals surface area contributed by atoms with Crippen LogP contribution in [0.2, 0.25) is 0 Å². The van der Waals surface area contributed by atoms with Crippen molar-refractivity contribution >= 4 is 5.71 Å². The van der Waals surface area contributed by atoms with Gasteiger partial charge in [0.25, 0.3) is 0 Å². The Morgan fingerprint density at radius 1 is 1.20 bits per heavy atom. The van der Waals surface area contributed by atoms with Gasteiger partial charge >= 0.3 is 0 Å². The maximum atomic E-state index is 5.54. The second kappa shape index (κ2) is 7.65. The number of rotatable bonds is 6. The Bertz CT molecular complexity index is 631. The van der Waals surface area contributed by atoms with Crippen LogP contribution in [0.1, 0.15) is 44.6 Å². The molecule has 0 N–H and O–H groups in total. The van der Waals surface area contributed by atoms with Gasteiger partial charge < -0.3 is 19.2 Å². The maximum absolute atomic E-state index is 5.54. The van der Waals surface area contributed by atoms with Crippen molar-refractivity contribution in [3.05, 3.63) is 23.8 Å². The van der Waals surface area contributed by atoms with Crippen molar-refractivity contribution in [1.82, 2.24) is 4.90 Å². The first-order chi connectivity index (χ1) is 12.1. The van der Waals surface area contributed by atoms with Crippen LogP contribution in [-0.2, 0) is 10.3 Å². The number of benzene rings is 1. The molecule has 5 nitrogen and oxygen atoms in total. The van der Waals surface area contributed by atoms with Crippen LogP contribution < -0.4 is 9.47 Å². The molecule has 1 aromatic rings. The van der Waals surface area contributed by atoms with Gasteiger partial charge in [-0.25, -0.2) is 0 Å². The first-order valence-electron chi connectivity index (χ1n) is 9.25. The summed E-state index contributed by atoms with van der Waals surface area (Å²) in [6, 6.07) is 6.87. The normalized spacial score (nSPS) is 28.0. The van der Waals surface area contributed by atoms with Gasteiger partial charge in [0.15, 0.2) is 11.5 Å². The minimum Gasteiger partial charge on any atom is -0.493 e. The summed E-state index contributed by atoms with van der Waals surface area (Å²) in [6.07, 6.45) is 5.26. The Morgan fingerprint density at radius 3 is 2.72 bits per heavy atom. The van der Waals surface area contributed by atoms with Gasteiger partial charge in [-0.15, -0.1) is 0 Å². The largest absolute Gasteiger partial charge is 0.493 e. The maximum Gasteiger partial charge on any atom is 0.161 e. The molecule has 1 saturated heterocycles. The molecule has 0 spiro atoms. The first-order valence-corrected chi connectivity index (χ1v) is 9.25. The van der Waals surface area contributed by atoms with Crippen molar-refractivity contribution in [2.24, 2.45) is 5.16 Å². The van der Waals surface area contributed by atoms with E-state index in [9.17, 15) is 0 Å². The molecular formula is C20H30N2O3. The standard InChI is InChI=1S/C20H30N2O3/c1-5-12-25-21-16-8-9-20(10-11-22(2)19(20)14-16)15-6-7-17(23-3)18(13-15)24-4/h6-7,13,19H,5,8-12,14H2,1-4H3. The molecule has 3 rings (SSSR count). The number of fused-ring (bicyclic) bond motifs is 1. The Morgan fingerprint density at radius 2 is 2.00 bits per heavy atom. The van der Waals surface area contributed by atoms with Gasteiger partial charge in [0, 0.05) is 17.9 Å². The molecular weight excluding hydrogens is 316 g/mol. The minimum atomic E-state index is 0.165. The van der Waals surface area contributed by atoms with Gasteiger partial charge in [-0.1, -0.05) is 18.1 Å². The summed E-state index contributed by atoms with van der Waals surface area (Å²) in [5, 5.41) is 4.40. The van der Waals surface area contributed by atoms with Gasteiger partial charge in [0.2, 0.25) is 0 Å². The number of ether oxygens (including phenoxy) is 2. The van der Waals surface area contributed by atoms with Crippen molar-refractivity contribution in [2.75, 3.05) is 34.4 Å². The average molecular weight is 346 g/mol. The zero-order chi connectivity index (χ0) is 17.9. The number of methoxy groups -OCH3 is 2. The fraction of sp³-hybridized carbons (Fsp3) is 0.650. The molecule has 1 aromatic carbocycles. The van der Waals surface area contributed by atoms with E-state index in [4.69, 9.17) is 14.3 Å². The predicted molar refractivity (Wildman–Crippen MR) is 99.8 cm³/mol. The van der Waals surface area contributed by atoms with E-state index < -0.39 is 0 Å². The SMILES string of the molecule is CCCON=C1CCC2(c3ccc(OC)c(OC)c3)CCN(C)C2C1. The third-order valence-electron chi connectivity index (χ3n) is 5.82. The second-order valence-electron chi connectivity index (χ2n) is 7.17. The average Bonchev–Trinajstić information content (AvgIpc) is 2.99. The van der Waals surface area contributed by atoms with Crippen LogP contribution in [0.5, 0.6) is 11.5 Å². The molecule has 1 saturated carbocycles. The fourth-order valence-corrected chi connectivity index (χ4v) is 4.39. The molecule has 1 aliphatic carbocycles. The number of likely N-dealkylation sites (tertiary alicyclic amines) is 1. The molecule has 25 heavy (non-hydrogen) atoms. The number of hydrogen-bond donors (Lipinski definition) is 0. The summed E-state index contributed by atoms with van der Waals surface area (Å²) in [5.74, 6) is 1.60. The van der Waals surface area contributed by atoms with Crippen LogP contribution in [0.25, 0.3) is 0 Å². The van der Waals surface area contributed by atoms with Crippen LogP contribution in [-0.4, -0.2) is 51.1 Å². The number of hydrogen-bond acceptors (Lipinski definition) is 5. The molecule has 0 aromatic heterocycles. The van der Waals surface area contributed by atoms with Crippen molar-refractivity contribution in [3.63, 3.8) is 0 Å². The molecule has 5 heteroatoms. The summed E-state index contributed by atoms with van der Waals surface area (Å²) >= 11 is 0. The van der Waals surface area contributed by atoms with Gasteiger partial charge in [-0.2, -0.15) is 0 Å². The molecule has 0 bridgehead atoms. The predicted octanol–water partition coefficient (Wildman–Crippen LogP) is 3.61. The zero-order valence-electron chi connectivity index (χ0n) is 15.9. The second-order valence-corrected chi connectivity index (χ2v) is 7.17. The molecule has 2 fully saturated rings. The Kier molecular flexibility index (Phi) is 5.52. The Labute approximate surface area is 150 Å². The molecule has 0 amide bonds. The van der Waals surface area contributed by atoms with Crippen LogP contribution in [0, 0.1) is 0 Å². The highest BCUT2D eigenvalue weighted by Gasteiger charge is 2.50. The van der Waals surface area contributed by atoms with Crippen molar-refractivity contribution in [2.45, 2.75) is 50.5 Å². The van der Waals surface area contributed by atoms with Gasteiger partial charge in [-0.05, 0) is 57.0 Å². The highest BCUT2D eigenvalue weighted by molar-refractivity contribution is 5.86. The molecule has 2 unspecified atom stereocenters. The molecule has 0 radical (unpaired) electrons. The topological polar surface area (TPSA) is 43.3 Å². The Balaban J connectivity index is 1.88. The monoisotopic (exact) mass is 346 g/mol. The number of likely N-dealkylation sites (N-methyl/N-ethyl adjacent to an activating group) is 1. The van der Waals surface area contributed by atoms with Crippen molar-refractivity contribution in [1.29, 1.82) is 0 Å². The van der Waals surface area contributed by atoms with E-state index in [0.717, 1.165) is 43.7 Å². The third-order valence-corrected chi connectivity index (χ3v) is 5.82. The minimum absolute atomic E-state index is 0.165. The lowest BCUT2D eigenvalue weighted by molar-refractivity contribution is 0.139. The van der Waals surface area contributed by atoms with Gasteiger partial charge in [0.1, 0.15) is 6.61 Å². The van der Waals surface area contributed by atoms with Crippen LogP contribution >= 0.6 is 0 Å². The molecule has 2 atom stereocenters. The summed E-state index contributed by atoms with van der Waals surface area (Å²) < 4.78 is 11.0. The van der Waals surface area contributed by atoms with Gasteiger partial charge in [-0.3, -0.25) is 0 Å². The van der Waals surface area contributed by atoms with Crippen molar-refractivity contribution < 1.29 is 14.3 Å². The third kappa shape index (κ3) is 3.34. The molecule has 1 aliphatic heterocycles. The van der Waals surface area contributed by atoms with E-state index in [1.807, 2.05) is 6.07 Å². The summed E-state index contributed by atoms with van der Waals surface area (Å²) in [5.41, 5.74) is 2.72. The van der Waals surface area contributed by atoms with E-state index in [1.54, 1.807) is 14.2 Å². The lowest BCUT2D eigenvalue weighted by Gasteiger charge is -2.42. The summed E-state index contributed by atoms with van der Waals surface area (Å²) in [6.45, 7) is 3.92. The van der Waals surface area contributed by atoms with E-state index in [-0.39, 0.29) is 5.41 Å². The summed E-state index contributed by atoms with van der Waals surface area (Å²) in [7, 11) is 5.61. The van der Waals surface area contributed by atoms with Gasteiger partial charge in [0.05, 0.1) is 19.9 Å². The fourth-order valence-electron chi connectivity index (χ4n) is 4.39. The summed E-state index contributed by atoms with van der Waals surface area (Å²) in [4.78, 5) is 7.92. The first kappa shape index (κ1) is 18.1. The van der Waals surface area contributed by atoms with E-state index >= 15 is 0 Å². The van der Waals surface area contributed by atoms with E-state index in [0.29, 0.717) is 12.6 Å². The highest BCUT2D eigenvalue weighted by Crippen LogP contribution is 2.49. The molecule has 1 heterocycles. The van der Waals surface area contributed by atoms with E-state index in [1.165, 1.54) is 17.7 Å². The van der Waals surface area contributed by atoms with E-state index in [2.05, 4.69) is 36.2 Å². The highest BCUT2D eigenvalue weighted by atomic mass is 16.6. The lowest BCUT2D eigenvalue weighted by atomic mass is 9.65. The molecule has 2 aliphatic rings. The van der Waals surface area contributed by atoms with Crippen LogP contribution in [0.3, 0.4) is 0 Å². The lowest BCUT2D eigenvalue weighted by Crippen LogP contribution is -2.46. The number of oxime groups is 1. The van der Waals surface area contributed by atoms with Crippen molar-refractivity contribution in [3.8, 4) is 11.5 Å². The quantitative estimate of drug-likeness (QED) is 0.583. The smallest absolute Gasteiger partial charge is 0.161 e. The zero-order valence-corrected chi connectivity index (χ0v) is 15.9. The van der Waals surface area contributed by atoms with Crippen LogP contribution in [0.4, 0.5) is 0 Å². The molecule has 138 valence electrons. The van der Waals surface area contributed by atoms with Crippen LogP contribution in [0.15, 0.2) is 23.4 Å².